The van der Waals surface area contributed by atoms with Crippen LogP contribution in [0.25, 0.3) is 0 Å². The fraction of sp³-hybridized carbons (Fsp3) is 0.294. The van der Waals surface area contributed by atoms with Gasteiger partial charge in [0, 0.05) is 11.5 Å². The molecular formula is C17H17BrFN. The van der Waals surface area contributed by atoms with Gasteiger partial charge in [-0.25, -0.2) is 4.39 Å². The summed E-state index contributed by atoms with van der Waals surface area (Å²) in [5.41, 5.74) is 2.63. The van der Waals surface area contributed by atoms with E-state index in [4.69, 9.17) is 0 Å². The second-order valence-electron chi connectivity index (χ2n) is 5.42. The summed E-state index contributed by atoms with van der Waals surface area (Å²) >= 11 is 3.28. The Balaban J connectivity index is 2.00. The Kier molecular flexibility index (Phi) is 3.65. The van der Waals surface area contributed by atoms with Crippen molar-refractivity contribution in [2.75, 3.05) is 7.05 Å². The number of hydrogen-bond acceptors (Lipinski definition) is 1. The van der Waals surface area contributed by atoms with Gasteiger partial charge in [-0.2, -0.15) is 0 Å². The molecule has 3 rings (SSSR count). The summed E-state index contributed by atoms with van der Waals surface area (Å²) in [5, 5.41) is 3.42. The highest BCUT2D eigenvalue weighted by Gasteiger charge is 2.50. The van der Waals surface area contributed by atoms with Crippen LogP contribution in [0.5, 0.6) is 0 Å². The molecule has 1 unspecified atom stereocenters. The van der Waals surface area contributed by atoms with Gasteiger partial charge in [0.1, 0.15) is 5.82 Å². The molecule has 1 N–H and O–H groups in total. The highest BCUT2D eigenvalue weighted by molar-refractivity contribution is 9.10. The van der Waals surface area contributed by atoms with E-state index >= 15 is 0 Å². The third kappa shape index (κ3) is 2.29. The van der Waals surface area contributed by atoms with Crippen LogP contribution in [-0.4, -0.2) is 7.05 Å². The monoisotopic (exact) mass is 333 g/mol. The molecule has 0 bridgehead atoms. The summed E-state index contributed by atoms with van der Waals surface area (Å²) in [6.45, 7) is 0. The molecule has 0 spiro atoms. The average molecular weight is 334 g/mol. The molecule has 2 aromatic rings. The van der Waals surface area contributed by atoms with Gasteiger partial charge >= 0.3 is 0 Å². The fourth-order valence-electron chi connectivity index (χ4n) is 3.10. The van der Waals surface area contributed by atoms with Crippen molar-refractivity contribution < 1.29 is 4.39 Å². The molecule has 0 aromatic heterocycles. The second kappa shape index (κ2) is 5.30. The predicted molar refractivity (Wildman–Crippen MR) is 83.3 cm³/mol. The van der Waals surface area contributed by atoms with Crippen molar-refractivity contribution in [3.05, 3.63) is 69.9 Å². The lowest BCUT2D eigenvalue weighted by molar-refractivity contribution is 0.462. The number of rotatable bonds is 4. The van der Waals surface area contributed by atoms with Crippen LogP contribution in [0, 0.1) is 5.82 Å². The quantitative estimate of drug-likeness (QED) is 0.863. The molecular weight excluding hydrogens is 317 g/mol. The van der Waals surface area contributed by atoms with Crippen molar-refractivity contribution in [1.29, 1.82) is 0 Å². The van der Waals surface area contributed by atoms with Gasteiger partial charge in [0.15, 0.2) is 0 Å². The first kappa shape index (κ1) is 13.8. The highest BCUT2D eigenvalue weighted by Crippen LogP contribution is 2.56. The third-order valence-corrected chi connectivity index (χ3v) is 4.86. The molecule has 20 heavy (non-hydrogen) atoms. The van der Waals surface area contributed by atoms with Gasteiger partial charge in [-0.3, -0.25) is 0 Å². The topological polar surface area (TPSA) is 12.0 Å². The van der Waals surface area contributed by atoms with E-state index in [1.807, 2.05) is 25.2 Å². The van der Waals surface area contributed by atoms with E-state index < -0.39 is 0 Å². The largest absolute Gasteiger partial charge is 0.312 e. The molecule has 2 aromatic carbocycles. The van der Waals surface area contributed by atoms with E-state index in [1.54, 1.807) is 0 Å². The summed E-state index contributed by atoms with van der Waals surface area (Å²) in [5.74, 6) is -0.215. The van der Waals surface area contributed by atoms with E-state index in [9.17, 15) is 4.39 Å². The minimum absolute atomic E-state index is 0.146. The van der Waals surface area contributed by atoms with Gasteiger partial charge < -0.3 is 5.32 Å². The van der Waals surface area contributed by atoms with Gasteiger partial charge in [0.2, 0.25) is 0 Å². The predicted octanol–water partition coefficient (Wildman–Crippen LogP) is 4.58. The SMILES string of the molecule is CNC(c1ccc(F)c(Br)c1)C1(c2ccccc2)CC1. The molecule has 104 valence electrons. The smallest absolute Gasteiger partial charge is 0.137 e. The highest BCUT2D eigenvalue weighted by atomic mass is 79.9. The summed E-state index contributed by atoms with van der Waals surface area (Å²) in [6.07, 6.45) is 2.33. The molecule has 0 saturated heterocycles. The maximum atomic E-state index is 13.4. The fourth-order valence-corrected chi connectivity index (χ4v) is 3.50. The van der Waals surface area contributed by atoms with Gasteiger partial charge in [-0.1, -0.05) is 36.4 Å². The zero-order valence-electron chi connectivity index (χ0n) is 11.4. The Hall–Kier alpha value is -1.19. The van der Waals surface area contributed by atoms with Crippen molar-refractivity contribution in [2.45, 2.75) is 24.3 Å². The molecule has 1 fully saturated rings. The molecule has 1 aliphatic rings. The molecule has 1 nitrogen and oxygen atoms in total. The molecule has 0 amide bonds. The maximum Gasteiger partial charge on any atom is 0.137 e. The number of benzene rings is 2. The first-order valence-corrected chi connectivity index (χ1v) is 7.64. The van der Waals surface area contributed by atoms with E-state index in [0.717, 1.165) is 18.4 Å². The molecule has 1 saturated carbocycles. The van der Waals surface area contributed by atoms with E-state index in [-0.39, 0.29) is 17.3 Å². The average Bonchev–Trinajstić information content (AvgIpc) is 3.26. The number of likely N-dealkylation sites (N-methyl/N-ethyl adjacent to an activating group) is 1. The van der Waals surface area contributed by atoms with E-state index in [1.165, 1.54) is 11.6 Å². The van der Waals surface area contributed by atoms with Crippen molar-refractivity contribution in [2.24, 2.45) is 0 Å². The maximum absolute atomic E-state index is 13.4. The van der Waals surface area contributed by atoms with Crippen LogP contribution in [0.3, 0.4) is 0 Å². The zero-order chi connectivity index (χ0) is 14.2. The van der Waals surface area contributed by atoms with Crippen molar-refractivity contribution >= 4 is 15.9 Å². The number of nitrogens with one attached hydrogen (secondary N) is 1. The van der Waals surface area contributed by atoms with Crippen LogP contribution in [0.15, 0.2) is 53.0 Å². The van der Waals surface area contributed by atoms with Crippen LogP contribution in [0.2, 0.25) is 0 Å². The Morgan fingerprint density at radius 3 is 2.40 bits per heavy atom. The molecule has 0 heterocycles. The lowest BCUT2D eigenvalue weighted by atomic mass is 9.84. The van der Waals surface area contributed by atoms with Crippen LogP contribution < -0.4 is 5.32 Å². The summed E-state index contributed by atoms with van der Waals surface area (Å²) in [7, 11) is 1.98. The lowest BCUT2D eigenvalue weighted by Gasteiger charge is -2.28. The summed E-state index contributed by atoms with van der Waals surface area (Å²) in [6, 6.07) is 16.1. The molecule has 1 aliphatic carbocycles. The van der Waals surface area contributed by atoms with Crippen LogP contribution in [0.1, 0.15) is 30.0 Å². The third-order valence-electron chi connectivity index (χ3n) is 4.26. The number of hydrogen-bond donors (Lipinski definition) is 1. The number of halogens is 2. The Morgan fingerprint density at radius 2 is 1.85 bits per heavy atom. The minimum atomic E-state index is -0.215. The Labute approximate surface area is 127 Å². The lowest BCUT2D eigenvalue weighted by Crippen LogP contribution is -2.29. The normalized spacial score (nSPS) is 17.8. The zero-order valence-corrected chi connectivity index (χ0v) is 13.0. The van der Waals surface area contributed by atoms with Crippen molar-refractivity contribution in [1.82, 2.24) is 5.32 Å². The minimum Gasteiger partial charge on any atom is -0.312 e. The second-order valence-corrected chi connectivity index (χ2v) is 6.27. The Bertz CT molecular complexity index is 608. The molecule has 0 aliphatic heterocycles. The van der Waals surface area contributed by atoms with Gasteiger partial charge in [0.05, 0.1) is 4.47 Å². The van der Waals surface area contributed by atoms with Crippen molar-refractivity contribution in [3.8, 4) is 0 Å². The molecule has 3 heteroatoms. The molecule has 0 radical (unpaired) electrons. The van der Waals surface area contributed by atoms with E-state index in [0.29, 0.717) is 4.47 Å². The van der Waals surface area contributed by atoms with Crippen LogP contribution in [0.4, 0.5) is 4.39 Å². The van der Waals surface area contributed by atoms with Gasteiger partial charge in [-0.15, -0.1) is 0 Å². The standard InChI is InChI=1S/C17H17BrFN/c1-20-16(12-7-8-15(19)14(18)11-12)17(9-10-17)13-5-3-2-4-6-13/h2-8,11,16,20H,9-10H2,1H3. The summed E-state index contributed by atoms with van der Waals surface area (Å²) < 4.78 is 14.0. The first-order valence-electron chi connectivity index (χ1n) is 6.85. The first-order chi connectivity index (χ1) is 9.67. The van der Waals surface area contributed by atoms with Crippen LogP contribution >= 0.6 is 15.9 Å². The van der Waals surface area contributed by atoms with Gasteiger partial charge in [0.25, 0.3) is 0 Å². The Morgan fingerprint density at radius 1 is 1.15 bits per heavy atom. The van der Waals surface area contributed by atoms with E-state index in [2.05, 4.69) is 45.5 Å². The van der Waals surface area contributed by atoms with Crippen molar-refractivity contribution in [3.63, 3.8) is 0 Å². The van der Waals surface area contributed by atoms with Crippen LogP contribution in [-0.2, 0) is 5.41 Å². The van der Waals surface area contributed by atoms with Gasteiger partial charge in [-0.05, 0) is 59.1 Å². The molecule has 1 atom stereocenters. The summed E-state index contributed by atoms with van der Waals surface area (Å²) in [4.78, 5) is 0.